The highest BCUT2D eigenvalue weighted by Gasteiger charge is 2.54. The Morgan fingerprint density at radius 3 is 1.50 bits per heavy atom. The molecule has 7 unspecified atom stereocenters. The Kier molecular flexibility index (Phi) is 49.8. The minimum absolute atomic E-state index is 0.0468. The van der Waals surface area contributed by atoms with E-state index >= 15 is 0 Å². The average Bonchev–Trinajstić information content (AvgIpc) is 0.774. The Morgan fingerprint density at radius 1 is 0.490 bits per heavy atom. The van der Waals surface area contributed by atoms with Gasteiger partial charge in [-0.05, 0) is 90.4 Å². The van der Waals surface area contributed by atoms with E-state index in [1.807, 2.05) is 0 Å². The predicted octanol–water partition coefficient (Wildman–Crippen LogP) is 7.12. The Hall–Kier alpha value is -3.62. The third kappa shape index (κ3) is 37.9. The molecular formula is C71H128N3O25P. The molecule has 0 spiro atoms. The molecule has 100 heavy (non-hydrogen) atoms. The van der Waals surface area contributed by atoms with Crippen LogP contribution in [0.25, 0.3) is 0 Å². The summed E-state index contributed by atoms with van der Waals surface area (Å²) in [6.45, 7) is 4.15. The Balaban J connectivity index is 1.44. The number of rotatable bonds is 58. The first-order valence-electron chi connectivity index (χ1n) is 37.3. The number of esters is 2. The molecule has 3 aliphatic heterocycles. The minimum atomic E-state index is -4.25. The van der Waals surface area contributed by atoms with Gasteiger partial charge in [-0.15, -0.1) is 0 Å². The first kappa shape index (κ1) is 90.6. The molecule has 582 valence electrons. The van der Waals surface area contributed by atoms with E-state index in [1.54, 1.807) is 0 Å². The number of amides is 3. The van der Waals surface area contributed by atoms with Crippen molar-refractivity contribution in [3.63, 3.8) is 0 Å². The summed E-state index contributed by atoms with van der Waals surface area (Å²) in [5.41, 5.74) is 0. The van der Waals surface area contributed by atoms with E-state index in [-0.39, 0.29) is 76.8 Å². The molecule has 0 aromatic rings. The van der Waals surface area contributed by atoms with E-state index in [0.29, 0.717) is 25.7 Å². The molecule has 28 nitrogen and oxygen atoms in total. The van der Waals surface area contributed by atoms with Crippen LogP contribution in [-0.2, 0) is 80.0 Å². The standard InChI is InChI=1S/C71H128N3O25P/c1-6-8-10-12-14-16-18-20-22-24-26-28-30-32-34-41-58(80)91-49-53(95-59(81)42-35-33-31-29-27-25-23-21-19-17-15-13-11-9-7-2)50-93-100(88,89-5)92-46-44-73-57(79)40-37-36-39-56(78)72-43-38-45-90-71-68(99-70-66(87)65(86)61(82)51(3)94-70)67(63(84)55(48-76)97-71)98-69-60(74-52(4)77)64(85)62(83)54(47-75)96-69/h20-23,51,53-55,60-71,75-76,82-87H,6-19,24-50H2,1-5H3,(H,72,78)(H,73,79)(H,74,77)/b22-20+,23-21+/t51?,53-,54?,55?,60?,61-,62+,63+,64-,65+,66?,67+,68?,69-,70+,71-,100?/m1/s1. The number of hydrogen-bond donors (Lipinski definition) is 11. The van der Waals surface area contributed by atoms with Crippen LogP contribution in [0.2, 0.25) is 0 Å². The summed E-state index contributed by atoms with van der Waals surface area (Å²) in [4.78, 5) is 63.7. The lowest BCUT2D eigenvalue weighted by molar-refractivity contribution is -0.385. The van der Waals surface area contributed by atoms with Crippen LogP contribution < -0.4 is 16.0 Å². The first-order valence-corrected chi connectivity index (χ1v) is 38.8. The summed E-state index contributed by atoms with van der Waals surface area (Å²) >= 11 is 0. The van der Waals surface area contributed by atoms with Gasteiger partial charge < -0.3 is 94.7 Å². The van der Waals surface area contributed by atoms with Crippen molar-refractivity contribution in [2.45, 2.75) is 338 Å². The molecule has 3 saturated heterocycles. The smallest absolute Gasteiger partial charge is 0.462 e. The van der Waals surface area contributed by atoms with Gasteiger partial charge in [-0.3, -0.25) is 37.5 Å². The number of phosphoric acid groups is 1. The summed E-state index contributed by atoms with van der Waals surface area (Å²) in [6, 6.07) is -1.49. The topological polar surface area (TPSA) is 402 Å². The van der Waals surface area contributed by atoms with Crippen molar-refractivity contribution in [2.24, 2.45) is 0 Å². The molecule has 0 bridgehead atoms. The fourth-order valence-electron chi connectivity index (χ4n) is 11.7. The van der Waals surface area contributed by atoms with Gasteiger partial charge in [0.15, 0.2) is 25.0 Å². The van der Waals surface area contributed by atoms with Crippen LogP contribution in [0.15, 0.2) is 24.3 Å². The fraction of sp³-hybridized carbons (Fsp3) is 0.873. The second-order valence-corrected chi connectivity index (χ2v) is 28.2. The predicted molar refractivity (Wildman–Crippen MR) is 371 cm³/mol. The number of allylic oxidation sites excluding steroid dienone is 4. The number of phosphoric ester groups is 1. The lowest BCUT2D eigenvalue weighted by atomic mass is 9.95. The van der Waals surface area contributed by atoms with E-state index in [1.165, 1.54) is 84.0 Å². The third-order valence-electron chi connectivity index (χ3n) is 17.8. The van der Waals surface area contributed by atoms with Crippen molar-refractivity contribution in [1.29, 1.82) is 0 Å². The monoisotopic (exact) mass is 1450 g/mol. The number of carbonyl (C=O) groups is 5. The van der Waals surface area contributed by atoms with Crippen molar-refractivity contribution in [1.82, 2.24) is 16.0 Å². The van der Waals surface area contributed by atoms with Gasteiger partial charge in [-0.25, -0.2) is 4.57 Å². The summed E-state index contributed by atoms with van der Waals surface area (Å²) in [5.74, 6) is -2.34. The highest BCUT2D eigenvalue weighted by Crippen LogP contribution is 2.48. The van der Waals surface area contributed by atoms with Gasteiger partial charge in [-0.2, -0.15) is 0 Å². The summed E-state index contributed by atoms with van der Waals surface area (Å²) in [6.07, 6.45) is 15.8. The van der Waals surface area contributed by atoms with Gasteiger partial charge in [0.2, 0.25) is 17.7 Å². The Bertz CT molecular complexity index is 2290. The Morgan fingerprint density at radius 2 is 0.970 bits per heavy atom. The molecule has 3 rings (SSSR count). The van der Waals surface area contributed by atoms with Crippen molar-refractivity contribution >= 4 is 37.5 Å². The highest BCUT2D eigenvalue weighted by atomic mass is 31.2. The molecule has 3 amide bonds. The first-order chi connectivity index (χ1) is 48.2. The number of aliphatic hydroxyl groups excluding tert-OH is 8. The zero-order chi connectivity index (χ0) is 73.3. The maximum absolute atomic E-state index is 13.5. The van der Waals surface area contributed by atoms with E-state index in [2.05, 4.69) is 54.1 Å². The lowest BCUT2D eigenvalue weighted by Crippen LogP contribution is -2.68. The van der Waals surface area contributed by atoms with Crippen molar-refractivity contribution in [3.05, 3.63) is 24.3 Å². The molecule has 29 heteroatoms. The molecule has 0 aromatic heterocycles. The number of carbonyl (C=O) groups excluding carboxylic acids is 5. The summed E-state index contributed by atoms with van der Waals surface area (Å²) in [5, 5.41) is 92.9. The van der Waals surface area contributed by atoms with E-state index in [9.17, 15) is 69.4 Å². The third-order valence-corrected chi connectivity index (χ3v) is 19.2. The Labute approximate surface area is 593 Å². The second-order valence-electron chi connectivity index (χ2n) is 26.4. The molecule has 17 atom stereocenters. The maximum Gasteiger partial charge on any atom is 0.474 e. The van der Waals surface area contributed by atoms with Crippen molar-refractivity contribution in [3.8, 4) is 0 Å². The summed E-state index contributed by atoms with van der Waals surface area (Å²) in [7, 11) is -3.13. The quantitative estimate of drug-likeness (QED) is 0.0125. The number of ether oxygens (including phenoxy) is 8. The molecule has 11 N–H and O–H groups in total. The van der Waals surface area contributed by atoms with Gasteiger partial charge in [0, 0.05) is 52.8 Å². The zero-order valence-corrected chi connectivity index (χ0v) is 61.4. The van der Waals surface area contributed by atoms with Gasteiger partial charge >= 0.3 is 19.8 Å². The molecule has 3 fully saturated rings. The van der Waals surface area contributed by atoms with Gasteiger partial charge in [0.1, 0.15) is 73.7 Å². The molecule has 3 heterocycles. The summed E-state index contributed by atoms with van der Waals surface area (Å²) < 4.78 is 76.4. The highest BCUT2D eigenvalue weighted by molar-refractivity contribution is 7.48. The van der Waals surface area contributed by atoms with Crippen LogP contribution in [0.5, 0.6) is 0 Å². The van der Waals surface area contributed by atoms with E-state index in [4.69, 9.17) is 51.5 Å². The van der Waals surface area contributed by atoms with Crippen LogP contribution in [-0.4, -0.2) is 229 Å². The van der Waals surface area contributed by atoms with Gasteiger partial charge in [0.05, 0.1) is 39.1 Å². The number of nitrogens with one attached hydrogen (secondary N) is 3. The van der Waals surface area contributed by atoms with E-state index in [0.717, 1.165) is 91.1 Å². The molecular weight excluding hydrogens is 1330 g/mol. The molecule has 3 aliphatic rings. The van der Waals surface area contributed by atoms with E-state index < -0.39 is 144 Å². The number of aliphatic hydroxyl groups is 8. The van der Waals surface area contributed by atoms with Crippen molar-refractivity contribution in [2.75, 3.05) is 59.8 Å². The molecule has 0 radical (unpaired) electrons. The van der Waals surface area contributed by atoms with Crippen LogP contribution >= 0.6 is 7.82 Å². The van der Waals surface area contributed by atoms with Crippen molar-refractivity contribution < 1.29 is 121 Å². The molecule has 0 aromatic carbocycles. The normalized spacial score (nSPS) is 26.5. The molecule has 0 aliphatic carbocycles. The largest absolute Gasteiger partial charge is 0.474 e. The van der Waals surface area contributed by atoms with Crippen LogP contribution in [0.3, 0.4) is 0 Å². The zero-order valence-electron chi connectivity index (χ0n) is 60.5. The van der Waals surface area contributed by atoms with Crippen LogP contribution in [0.1, 0.15) is 240 Å². The van der Waals surface area contributed by atoms with Gasteiger partial charge in [-0.1, -0.05) is 141 Å². The minimum Gasteiger partial charge on any atom is -0.462 e. The van der Waals surface area contributed by atoms with Crippen LogP contribution in [0, 0.1) is 0 Å². The van der Waals surface area contributed by atoms with Gasteiger partial charge in [0.25, 0.3) is 0 Å². The molecule has 0 saturated carbocycles. The fourth-order valence-corrected chi connectivity index (χ4v) is 12.7. The second kappa shape index (κ2) is 54.9. The number of unbranched alkanes of at least 4 members (excludes halogenated alkanes) is 23. The average molecular weight is 1450 g/mol. The number of hydrogen-bond acceptors (Lipinski definition) is 25. The lowest BCUT2D eigenvalue weighted by Gasteiger charge is -2.49. The SMILES string of the molecule is CCCCCCCC/C=C/CCCCCCCC(=O)OC[C@H](COP(=O)(OC)OCCNC(=O)CCCCC(=O)NCCCO[C@@H]1OC(CO)[C@H](O)[C@H](O[C@H]2OC(CO)[C@H](O)[C@H](O)C2NC(C)=O)C1O[C@@H]1OC(C)[C@@H](O)[C@H](O)C1O)OC(=O)CCCCCCC/C=C/CCCCCCCC. The van der Waals surface area contributed by atoms with Crippen LogP contribution in [0.4, 0.5) is 0 Å². The maximum atomic E-state index is 13.5.